The van der Waals surface area contributed by atoms with Gasteiger partial charge in [-0.25, -0.2) is 0 Å². The average molecular weight is 2350 g/mol. The third-order valence-electron chi connectivity index (χ3n) is 21.2. The largest absolute Gasteiger partial charge is 1.00 e. The molecule has 0 amide bonds. The van der Waals surface area contributed by atoms with Gasteiger partial charge < -0.3 is 139 Å². The van der Waals surface area contributed by atoms with E-state index in [1.54, 1.807) is 149 Å². The molecule has 3 aliphatic rings. The van der Waals surface area contributed by atoms with Crippen LogP contribution >= 0.6 is 119 Å². The number of aliphatic hydroxyl groups is 4. The van der Waals surface area contributed by atoms with E-state index in [0.717, 1.165) is 24.7 Å². The van der Waals surface area contributed by atoms with E-state index < -0.39 is 140 Å². The van der Waals surface area contributed by atoms with Gasteiger partial charge in [0.1, 0.15) is 110 Å². The number of β-amino-alcohol motifs (C(OH)–C–C–N with tert-alkyl or cyclic N) is 3. The Labute approximate surface area is 899 Å². The number of nitrogens with zero attached hydrogens (tertiary/aromatic N) is 3. The van der Waals surface area contributed by atoms with Crippen LogP contribution in [0.4, 0.5) is 0 Å². The molecule has 0 radical (unpaired) electrons. The molecular formula is C93H132BrCl5N3NaO35P6Si. The van der Waals surface area contributed by atoms with Crippen LogP contribution in [-0.4, -0.2) is 256 Å². The van der Waals surface area contributed by atoms with Crippen LogP contribution in [0.15, 0.2) is 148 Å². The minimum atomic E-state index is -5.32. The van der Waals surface area contributed by atoms with Crippen molar-refractivity contribution in [2.75, 3.05) is 145 Å². The van der Waals surface area contributed by atoms with E-state index >= 15 is 0 Å². The van der Waals surface area contributed by atoms with Crippen LogP contribution < -0.4 is 60.4 Å². The van der Waals surface area contributed by atoms with Gasteiger partial charge in [-0.2, -0.15) is 0 Å². The van der Waals surface area contributed by atoms with Crippen molar-refractivity contribution in [2.45, 2.75) is 155 Å². The van der Waals surface area contributed by atoms with Crippen LogP contribution in [0, 0.1) is 0 Å². The maximum absolute atomic E-state index is 14.1. The first-order valence-corrected chi connectivity index (χ1v) is 63.4. The number of phenolic OH excluding ortho intramolecular Hbond substituents is 4. The number of aliphatic hydroxyl groups excluding tert-OH is 4. The van der Waals surface area contributed by atoms with Gasteiger partial charge in [0, 0.05) is 114 Å². The van der Waals surface area contributed by atoms with E-state index in [1.807, 2.05) is 28.8 Å². The summed E-state index contributed by atoms with van der Waals surface area (Å²) in [5.74, 6) is -3.17. The van der Waals surface area contributed by atoms with Crippen LogP contribution in [-0.2, 0) is 63.6 Å². The fourth-order valence-corrected chi connectivity index (χ4v) is 27.1. The van der Waals surface area contributed by atoms with Crippen LogP contribution in [0.1, 0.15) is 123 Å². The molecule has 806 valence electrons. The van der Waals surface area contributed by atoms with Crippen molar-refractivity contribution in [1.29, 1.82) is 0 Å². The van der Waals surface area contributed by atoms with Gasteiger partial charge >= 0.3 is 75.1 Å². The molecule has 0 unspecified atom stereocenters. The summed E-state index contributed by atoms with van der Waals surface area (Å²) in [5.41, 5.74) is 0.421. The third-order valence-corrected chi connectivity index (χ3v) is 36.9. The maximum Gasteiger partial charge on any atom is 1.00 e. The van der Waals surface area contributed by atoms with E-state index in [9.17, 15) is 97.1 Å². The number of hydrogen-bond acceptors (Lipinski definition) is 34. The molecule has 0 bridgehead atoms. The summed E-state index contributed by atoms with van der Waals surface area (Å²) >= 11 is 32.0. The molecule has 9 aromatic rings. The minimum absolute atomic E-state index is 0. The van der Waals surface area contributed by atoms with Gasteiger partial charge in [-0.1, -0.05) is 104 Å². The second kappa shape index (κ2) is 61.9. The zero-order valence-corrected chi connectivity index (χ0v) is 97.6. The van der Waals surface area contributed by atoms with Crippen molar-refractivity contribution in [2.24, 2.45) is 0 Å². The topological polar surface area (TPSA) is 561 Å². The van der Waals surface area contributed by atoms with E-state index in [4.69, 9.17) is 127 Å². The molecule has 12 rings (SSSR count). The molecular weight excluding hydrogens is 2210 g/mol. The van der Waals surface area contributed by atoms with Gasteiger partial charge in [0.15, 0.2) is 27.1 Å². The van der Waals surface area contributed by atoms with E-state index in [-0.39, 0.29) is 196 Å². The molecule has 0 saturated carbocycles. The molecule has 52 heteroatoms. The van der Waals surface area contributed by atoms with Crippen molar-refractivity contribution in [3.8, 4) is 68.5 Å². The predicted octanol–water partition coefficient (Wildman–Crippen LogP) is 16.8. The van der Waals surface area contributed by atoms with E-state index in [0.29, 0.717) is 83.3 Å². The first kappa shape index (κ1) is 132. The zero-order chi connectivity index (χ0) is 108. The monoisotopic (exact) mass is 2340 g/mol. The van der Waals surface area contributed by atoms with Crippen molar-refractivity contribution < 1.29 is 181 Å². The Morgan fingerprint density at radius 2 is 0.697 bits per heavy atom. The number of alkyl halides is 2. The van der Waals surface area contributed by atoms with Crippen LogP contribution in [0.3, 0.4) is 0 Å². The van der Waals surface area contributed by atoms with Gasteiger partial charge in [-0.15, -0.1) is 45.1 Å². The molecule has 6 heterocycles. The molecule has 3 saturated heterocycles. The van der Waals surface area contributed by atoms with E-state index in [2.05, 4.69) is 41.5 Å². The number of rotatable bonds is 34. The number of hydrogen-bond donors (Lipinski definition) is 12. The minimum Gasteiger partial charge on any atom is -0.855 e. The Morgan fingerprint density at radius 3 is 0.945 bits per heavy atom. The third kappa shape index (κ3) is 37.3. The first-order chi connectivity index (χ1) is 67.6. The van der Waals surface area contributed by atoms with Crippen LogP contribution in [0.2, 0.25) is 34.7 Å². The summed E-state index contributed by atoms with van der Waals surface area (Å²) in [7, 11) is -20.8. The van der Waals surface area contributed by atoms with Crippen molar-refractivity contribution >= 4 is 158 Å². The molecule has 6 atom stereocenters. The normalized spacial score (nSPS) is 17.1. The summed E-state index contributed by atoms with van der Waals surface area (Å²) < 4.78 is 149. The number of likely N-dealkylation sites (tertiary alicyclic amines) is 3. The molecule has 145 heavy (non-hydrogen) atoms. The molecule has 3 aliphatic heterocycles. The number of ether oxygens (including phenoxy) is 2. The molecule has 3 fully saturated rings. The Bertz CT molecular complexity index is 6070. The number of aromatic hydroxyl groups is 4. The molecule has 0 aliphatic carbocycles. The Kier molecular flexibility index (Phi) is 56.6. The molecule has 0 spiro atoms. The molecule has 38 nitrogen and oxygen atoms in total. The predicted molar refractivity (Wildman–Crippen MR) is 565 cm³/mol. The van der Waals surface area contributed by atoms with Gasteiger partial charge in [0.25, 0.3) is 0 Å². The zero-order valence-electron chi connectivity index (χ0n) is 83.8. The fraction of sp³-hybridized carbons (Fsp3) is 0.495. The van der Waals surface area contributed by atoms with Gasteiger partial charge in [0.2, 0.25) is 0 Å². The SMILES string of the molecule is C=C(P(=O)(OCC)OCC)P(=O)(OCC)OCC.CCO.CCOP(=O)(OCC)C(COc1cc(O)c2c(=O)cc(-c3ccccc3Cl)oc2c1[C@H]1CCN(C)C[C@H]1O)P(=O)(OCC)OCC.CC[O-].CN1CC[C@H](c2c(O)cc(O)c3c(=O)cc(-c4ccccc4Cl)oc23)[C@H](O)C1.CN1CC[C@H](c2c(OCC(P(=O)(O)O)P(=O)(O)O)cc(O)c3c(=O)cc(-c4ccccc4Cl)oc23)[C@H](O)C1.C[Si](C)(C)Br.ClCCl.[Na+]. The van der Waals surface area contributed by atoms with Crippen molar-refractivity contribution in [3.63, 3.8) is 0 Å². The quantitative estimate of drug-likeness (QED) is 0.00771. The number of likely N-dealkylation sites (N-methyl/N-ethyl adjacent to an activating group) is 3. The van der Waals surface area contributed by atoms with Crippen LogP contribution in [0.5, 0.6) is 34.5 Å². The first-order valence-electron chi connectivity index (χ1n) is 45.8. The summed E-state index contributed by atoms with van der Waals surface area (Å²) in [5, 5.41) is 88.6. The summed E-state index contributed by atoms with van der Waals surface area (Å²) in [6, 6.07) is 27.4. The number of fused-ring (bicyclic) bond motifs is 3. The molecule has 6 aromatic carbocycles. The Hall–Kier alpha value is -4.78. The van der Waals surface area contributed by atoms with Crippen LogP contribution in [0.25, 0.3) is 66.9 Å². The average Bonchev–Trinajstić information content (AvgIpc) is 0.752. The number of phenols is 4. The number of piperidine rings is 3. The number of halogens is 6. The second-order valence-electron chi connectivity index (χ2n) is 33.0. The van der Waals surface area contributed by atoms with Gasteiger partial charge in [0.05, 0.1) is 91.6 Å². The fourth-order valence-electron chi connectivity index (χ4n) is 15.3. The van der Waals surface area contributed by atoms with Crippen molar-refractivity contribution in [1.82, 2.24) is 14.7 Å². The van der Waals surface area contributed by atoms with Gasteiger partial charge in [-0.3, -0.25) is 41.8 Å². The Morgan fingerprint density at radius 1 is 0.455 bits per heavy atom. The Balaban J connectivity index is 0.000000399. The second-order valence-corrected chi connectivity index (χ2v) is 59.6. The summed E-state index contributed by atoms with van der Waals surface area (Å²) in [4.78, 5) is 83.2. The number of benzene rings is 6. The standard InChI is InChI=1S/C31H42ClNO11P2.C23H26ClNO11P2.C21H20ClNO5.C10H22O6P2.C3H9BrSi.C2H6O.C2H5O.CH2Cl2.Na/c1-6-40-45(37,41-7-2)28(46(38,42-8-3)43-9-4)19-39-27-17-24(35)30-23(34)16-26(20-12-10-11-13-22(20)32)44-31(30)29(27)21-14-15-33(5)18-25(21)36;1-25-7-6-13(17(28)10-25)21-19(35-11-20(37(29,30)31)38(32,33)34)9-16(27)22-15(26)8-18(36-23(21)22)12-4-2-3-5-14(12)24;1-23-7-6-12(17(27)10-23)19-14(24)8-15(25)20-16(26)9-18(28-21(19)20)11-4-2-3-5-13(11)22;1-6-13-17(11,14-7-2)10(5)18(12,15-8-3)16-9-4;1-5(2,3)4;2*1-2-3;2-1-3;/h10-13,16-17,21,25,28,35-36H,6-9,14-15,18-19H2,1-5H3;2-5,8-9,13,17,20,27-28H,6-7,10-11H2,1H3,(H2,29,30,31)(H2,32,33,34);2-5,8-9,12,17,24-25,27H,6-7,10H2,1H3;5-9H2,1-4H3;1-3H3;3H,2H2,1H3;2H2,1H3;1H2;/q;;;;;;-1;;+1/t21-,25+;13-,17+;12-,17+;;;;;;/m000....../s1. The van der Waals surface area contributed by atoms with Gasteiger partial charge in [-0.05, 0) is 159 Å². The summed E-state index contributed by atoms with van der Waals surface area (Å²) in [6.07, 6.45) is -1.29. The van der Waals surface area contributed by atoms with Crippen molar-refractivity contribution in [3.05, 3.63) is 183 Å². The maximum atomic E-state index is 14.1. The molecule has 12 N–H and O–H groups in total. The smallest absolute Gasteiger partial charge is 0.855 e. The van der Waals surface area contributed by atoms with E-state index in [1.165, 1.54) is 18.2 Å². The summed E-state index contributed by atoms with van der Waals surface area (Å²) in [6.45, 7) is 27.7. The molecule has 3 aromatic heterocycles.